The topological polar surface area (TPSA) is 21.7 Å². The number of ether oxygens (including phenoxy) is 2. The van der Waals surface area contributed by atoms with E-state index in [1.807, 2.05) is 0 Å². The third-order valence-corrected chi connectivity index (χ3v) is 6.91. The molecular weight excluding hydrogens is 370 g/mol. The maximum atomic E-state index is 5.68. The average molecular weight is 400 g/mol. The van der Waals surface area contributed by atoms with Gasteiger partial charge in [0.1, 0.15) is 0 Å². The first kappa shape index (κ1) is 19.2. The molecule has 0 spiro atoms. The Morgan fingerprint density at radius 2 is 1.67 bits per heavy atom. The minimum Gasteiger partial charge on any atom is -0.493 e. The van der Waals surface area contributed by atoms with Crippen molar-refractivity contribution in [3.05, 3.63) is 94.0 Å². The summed E-state index contributed by atoms with van der Waals surface area (Å²) < 4.78 is 11.3. The fraction of sp³-hybridized carbons (Fsp3) is 0.333. The van der Waals surface area contributed by atoms with Crippen molar-refractivity contribution in [3.63, 3.8) is 0 Å². The Balaban J connectivity index is 1.64. The van der Waals surface area contributed by atoms with Crippen molar-refractivity contribution in [2.75, 3.05) is 14.2 Å². The van der Waals surface area contributed by atoms with Crippen LogP contribution in [0.2, 0.25) is 0 Å². The molecule has 3 aromatic rings. The second kappa shape index (κ2) is 7.81. The molecule has 3 aromatic carbocycles. The van der Waals surface area contributed by atoms with E-state index in [0.717, 1.165) is 37.4 Å². The molecule has 0 amide bonds. The maximum absolute atomic E-state index is 5.68. The molecule has 0 radical (unpaired) electrons. The Kier molecular flexibility index (Phi) is 5.00. The van der Waals surface area contributed by atoms with Gasteiger partial charge in [0.05, 0.1) is 14.2 Å². The normalized spacial score (nSPS) is 20.1. The van der Waals surface area contributed by atoms with Crippen LogP contribution in [0.4, 0.5) is 0 Å². The molecule has 2 aliphatic rings. The number of methoxy groups -OCH3 is 2. The number of aryl methyl sites for hydroxylation is 2. The monoisotopic (exact) mass is 399 g/mol. The van der Waals surface area contributed by atoms with E-state index in [9.17, 15) is 0 Å². The number of fused-ring (bicyclic) bond motifs is 5. The molecule has 0 saturated heterocycles. The van der Waals surface area contributed by atoms with Gasteiger partial charge in [-0.05, 0) is 65.3 Å². The van der Waals surface area contributed by atoms with Crippen molar-refractivity contribution in [1.82, 2.24) is 4.90 Å². The fourth-order valence-corrected chi connectivity index (χ4v) is 5.43. The molecule has 0 N–H and O–H groups in total. The predicted octanol–water partition coefficient (Wildman–Crippen LogP) is 5.47. The summed E-state index contributed by atoms with van der Waals surface area (Å²) in [7, 11) is 3.45. The van der Waals surface area contributed by atoms with Gasteiger partial charge in [-0.15, -0.1) is 0 Å². The van der Waals surface area contributed by atoms with Gasteiger partial charge in [-0.1, -0.05) is 48.5 Å². The summed E-state index contributed by atoms with van der Waals surface area (Å²) >= 11 is 0. The highest BCUT2D eigenvalue weighted by molar-refractivity contribution is 5.55. The van der Waals surface area contributed by atoms with E-state index in [2.05, 4.69) is 72.5 Å². The van der Waals surface area contributed by atoms with Crippen LogP contribution >= 0.6 is 0 Å². The van der Waals surface area contributed by atoms with Gasteiger partial charge in [0.15, 0.2) is 11.5 Å². The number of benzene rings is 3. The molecule has 3 heteroatoms. The number of nitrogens with zero attached hydrogens (tertiary/aromatic N) is 1. The first-order valence-electron chi connectivity index (χ1n) is 10.8. The van der Waals surface area contributed by atoms with Crippen LogP contribution in [-0.2, 0) is 19.5 Å². The standard InChI is InChI=1S/C27H29NO2/c1-18-8-7-11-21-23(18)17-28(16-19-9-5-4-6-10-19)24-13-12-20-14-25(29-2)26(30-3)15-22(20)27(21)24/h4-11,14-15,24,27H,12-13,16-17H2,1-3H3/t24-,27-/m0/s1. The Morgan fingerprint density at radius 3 is 2.43 bits per heavy atom. The first-order valence-corrected chi connectivity index (χ1v) is 10.8. The summed E-state index contributed by atoms with van der Waals surface area (Å²) in [6, 6.07) is 22.6. The average Bonchev–Trinajstić information content (AvgIpc) is 2.79. The smallest absolute Gasteiger partial charge is 0.161 e. The summed E-state index contributed by atoms with van der Waals surface area (Å²) in [5.41, 5.74) is 8.52. The van der Waals surface area contributed by atoms with Gasteiger partial charge in [-0.25, -0.2) is 0 Å². The molecule has 0 aromatic heterocycles. The highest BCUT2D eigenvalue weighted by atomic mass is 16.5. The minimum absolute atomic E-state index is 0.362. The van der Waals surface area contributed by atoms with E-state index >= 15 is 0 Å². The number of hydrogen-bond acceptors (Lipinski definition) is 3. The lowest BCUT2D eigenvalue weighted by Gasteiger charge is -2.46. The zero-order valence-corrected chi connectivity index (χ0v) is 18.0. The van der Waals surface area contributed by atoms with Gasteiger partial charge in [-0.3, -0.25) is 4.90 Å². The fourth-order valence-electron chi connectivity index (χ4n) is 5.43. The van der Waals surface area contributed by atoms with Crippen LogP contribution in [0.15, 0.2) is 60.7 Å². The number of hydrogen-bond donors (Lipinski definition) is 0. The molecule has 1 aliphatic carbocycles. The van der Waals surface area contributed by atoms with Crippen molar-refractivity contribution in [3.8, 4) is 11.5 Å². The van der Waals surface area contributed by atoms with Gasteiger partial charge in [0.25, 0.3) is 0 Å². The lowest BCUT2D eigenvalue weighted by molar-refractivity contribution is 0.132. The van der Waals surface area contributed by atoms with Crippen LogP contribution in [0.25, 0.3) is 0 Å². The third kappa shape index (κ3) is 3.18. The summed E-state index contributed by atoms with van der Waals surface area (Å²) in [5, 5.41) is 0. The van der Waals surface area contributed by atoms with E-state index in [1.54, 1.807) is 14.2 Å². The predicted molar refractivity (Wildman–Crippen MR) is 120 cm³/mol. The Labute approximate surface area is 179 Å². The first-order chi connectivity index (χ1) is 14.7. The van der Waals surface area contributed by atoms with Crippen molar-refractivity contribution in [2.24, 2.45) is 0 Å². The zero-order valence-electron chi connectivity index (χ0n) is 18.0. The van der Waals surface area contributed by atoms with Crippen LogP contribution in [0, 0.1) is 6.92 Å². The van der Waals surface area contributed by atoms with Crippen LogP contribution in [0.3, 0.4) is 0 Å². The van der Waals surface area contributed by atoms with E-state index in [-0.39, 0.29) is 0 Å². The van der Waals surface area contributed by atoms with Crippen LogP contribution < -0.4 is 9.47 Å². The van der Waals surface area contributed by atoms with Gasteiger partial charge in [0.2, 0.25) is 0 Å². The summed E-state index contributed by atoms with van der Waals surface area (Å²) in [5.74, 6) is 2.02. The molecule has 0 saturated carbocycles. The Hall–Kier alpha value is -2.78. The number of rotatable bonds is 4. The van der Waals surface area contributed by atoms with Gasteiger partial charge in [0, 0.05) is 25.0 Å². The molecule has 5 rings (SSSR count). The maximum Gasteiger partial charge on any atom is 0.161 e. The highest BCUT2D eigenvalue weighted by Crippen LogP contribution is 2.48. The van der Waals surface area contributed by atoms with Crippen molar-refractivity contribution in [2.45, 2.75) is 44.8 Å². The molecule has 0 unspecified atom stereocenters. The van der Waals surface area contributed by atoms with Crippen LogP contribution in [-0.4, -0.2) is 25.2 Å². The lowest BCUT2D eigenvalue weighted by Crippen LogP contribution is -2.45. The van der Waals surface area contributed by atoms with Gasteiger partial charge in [-0.2, -0.15) is 0 Å². The molecule has 154 valence electrons. The molecule has 30 heavy (non-hydrogen) atoms. The largest absolute Gasteiger partial charge is 0.493 e. The Morgan fingerprint density at radius 1 is 0.900 bits per heavy atom. The van der Waals surface area contributed by atoms with E-state index in [1.165, 1.54) is 33.4 Å². The van der Waals surface area contributed by atoms with Gasteiger partial charge < -0.3 is 9.47 Å². The lowest BCUT2D eigenvalue weighted by atomic mass is 9.70. The van der Waals surface area contributed by atoms with Crippen LogP contribution in [0.5, 0.6) is 11.5 Å². The second-order valence-electron chi connectivity index (χ2n) is 8.52. The SMILES string of the molecule is COc1cc2c(cc1OC)[C@@H]1c3cccc(C)c3CN(Cc3ccccc3)[C@H]1CC2. The highest BCUT2D eigenvalue weighted by Gasteiger charge is 2.40. The molecule has 2 atom stereocenters. The second-order valence-corrected chi connectivity index (χ2v) is 8.52. The van der Waals surface area contributed by atoms with Crippen LogP contribution in [0.1, 0.15) is 45.7 Å². The van der Waals surface area contributed by atoms with Crippen molar-refractivity contribution in [1.29, 1.82) is 0 Å². The van der Waals surface area contributed by atoms with Gasteiger partial charge >= 0.3 is 0 Å². The summed E-state index contributed by atoms with van der Waals surface area (Å²) in [4.78, 5) is 2.69. The Bertz CT molecular complexity index is 1060. The zero-order chi connectivity index (χ0) is 20.7. The molecular formula is C27H29NO2. The summed E-state index contributed by atoms with van der Waals surface area (Å²) in [6.07, 6.45) is 2.23. The molecule has 0 bridgehead atoms. The quantitative estimate of drug-likeness (QED) is 0.580. The molecule has 0 fully saturated rings. The molecule has 3 nitrogen and oxygen atoms in total. The van der Waals surface area contributed by atoms with E-state index in [0.29, 0.717) is 12.0 Å². The van der Waals surface area contributed by atoms with E-state index in [4.69, 9.17) is 9.47 Å². The summed E-state index contributed by atoms with van der Waals surface area (Å²) in [6.45, 7) is 4.25. The van der Waals surface area contributed by atoms with E-state index < -0.39 is 0 Å². The minimum atomic E-state index is 0.362. The third-order valence-electron chi connectivity index (χ3n) is 6.91. The van der Waals surface area contributed by atoms with Crippen molar-refractivity contribution < 1.29 is 9.47 Å². The van der Waals surface area contributed by atoms with Crippen molar-refractivity contribution >= 4 is 0 Å². The molecule has 1 aliphatic heterocycles. The molecule has 1 heterocycles.